The first-order chi connectivity index (χ1) is 13.2. The molecule has 2 N–H and O–H groups in total. The van der Waals surface area contributed by atoms with Crippen LogP contribution in [0.2, 0.25) is 0 Å². The van der Waals surface area contributed by atoms with Crippen molar-refractivity contribution in [2.75, 3.05) is 6.61 Å². The zero-order valence-electron chi connectivity index (χ0n) is 14.4. The number of aliphatic hydroxyl groups excluding tert-OH is 2. The Balaban J connectivity index is 1.44. The average Bonchev–Trinajstić information content (AvgIpc) is 2.73. The highest BCUT2D eigenvalue weighted by atomic mass is 16.8. The fraction of sp³-hybridized carbons (Fsp3) is 0.350. The molecule has 2 aliphatic heterocycles. The summed E-state index contributed by atoms with van der Waals surface area (Å²) in [6.07, 6.45) is -4.80. The van der Waals surface area contributed by atoms with Gasteiger partial charge in [0.2, 0.25) is 6.29 Å². The molecule has 27 heavy (non-hydrogen) atoms. The predicted molar refractivity (Wildman–Crippen MR) is 93.1 cm³/mol. The van der Waals surface area contributed by atoms with Gasteiger partial charge in [0.05, 0.1) is 6.61 Å². The largest absolute Gasteiger partial charge is 0.462 e. The Morgan fingerprint density at radius 1 is 0.963 bits per heavy atom. The smallest absolute Gasteiger partial charge is 0.229 e. The maximum Gasteiger partial charge on any atom is 0.229 e. The zero-order chi connectivity index (χ0) is 18.8. The summed E-state index contributed by atoms with van der Waals surface area (Å²) in [6.45, 7) is 0.192. The molecular formula is C20H20O7. The molecule has 7 nitrogen and oxygen atoms in total. The SMILES string of the molecule is O=Cc1ccc(O[C@@H]2OC3CO[C@@H](c4ccccc4)OC3[C@@H](O)[C@H]2O)cc1. The molecule has 0 aromatic heterocycles. The summed E-state index contributed by atoms with van der Waals surface area (Å²) in [5.41, 5.74) is 1.33. The van der Waals surface area contributed by atoms with Crippen LogP contribution in [0.1, 0.15) is 22.2 Å². The minimum absolute atomic E-state index is 0.192. The van der Waals surface area contributed by atoms with E-state index < -0.39 is 37.0 Å². The number of carbonyl (C=O) groups is 1. The molecule has 142 valence electrons. The zero-order valence-corrected chi connectivity index (χ0v) is 14.4. The van der Waals surface area contributed by atoms with Crippen molar-refractivity contribution in [2.24, 2.45) is 0 Å². The number of aliphatic hydroxyl groups is 2. The Labute approximate surface area is 156 Å². The number of aldehydes is 1. The number of hydrogen-bond acceptors (Lipinski definition) is 7. The van der Waals surface area contributed by atoms with Crippen molar-refractivity contribution in [3.05, 3.63) is 65.7 Å². The fourth-order valence-corrected chi connectivity index (χ4v) is 3.21. The van der Waals surface area contributed by atoms with E-state index in [2.05, 4.69) is 0 Å². The highest BCUT2D eigenvalue weighted by Gasteiger charge is 2.49. The molecule has 2 fully saturated rings. The maximum absolute atomic E-state index is 10.7. The quantitative estimate of drug-likeness (QED) is 0.784. The van der Waals surface area contributed by atoms with Crippen LogP contribution in [0.25, 0.3) is 0 Å². The van der Waals surface area contributed by atoms with E-state index in [1.165, 1.54) is 0 Å². The number of hydrogen-bond donors (Lipinski definition) is 2. The first-order valence-corrected chi connectivity index (χ1v) is 8.71. The van der Waals surface area contributed by atoms with Crippen LogP contribution in [-0.4, -0.2) is 53.8 Å². The van der Waals surface area contributed by atoms with E-state index in [-0.39, 0.29) is 6.61 Å². The van der Waals surface area contributed by atoms with Crippen LogP contribution in [0.4, 0.5) is 0 Å². The maximum atomic E-state index is 10.7. The Bertz CT molecular complexity index is 762. The van der Waals surface area contributed by atoms with Gasteiger partial charge in [-0.25, -0.2) is 0 Å². The minimum atomic E-state index is -1.30. The second kappa shape index (κ2) is 7.75. The van der Waals surface area contributed by atoms with E-state index in [1.807, 2.05) is 30.3 Å². The van der Waals surface area contributed by atoms with Crippen molar-refractivity contribution in [3.8, 4) is 5.75 Å². The first kappa shape index (κ1) is 18.1. The lowest BCUT2D eigenvalue weighted by Crippen LogP contribution is -2.62. The molecule has 0 amide bonds. The van der Waals surface area contributed by atoms with E-state index in [9.17, 15) is 15.0 Å². The Kier molecular flexibility index (Phi) is 5.20. The molecule has 0 radical (unpaired) electrons. The summed E-state index contributed by atoms with van der Waals surface area (Å²) in [5, 5.41) is 20.9. The summed E-state index contributed by atoms with van der Waals surface area (Å²) in [6, 6.07) is 15.7. The van der Waals surface area contributed by atoms with E-state index in [0.29, 0.717) is 11.3 Å². The molecule has 0 aliphatic carbocycles. The van der Waals surface area contributed by atoms with Gasteiger partial charge in [-0.3, -0.25) is 4.79 Å². The average molecular weight is 372 g/mol. The Morgan fingerprint density at radius 2 is 1.70 bits per heavy atom. The van der Waals surface area contributed by atoms with Gasteiger partial charge in [0.25, 0.3) is 0 Å². The third kappa shape index (κ3) is 3.73. The van der Waals surface area contributed by atoms with Crippen molar-refractivity contribution in [3.63, 3.8) is 0 Å². The lowest BCUT2D eigenvalue weighted by Gasteiger charge is -2.46. The lowest BCUT2D eigenvalue weighted by atomic mass is 9.98. The number of ether oxygens (including phenoxy) is 4. The Hall–Kier alpha value is -2.29. The van der Waals surface area contributed by atoms with Gasteiger partial charge in [0, 0.05) is 11.1 Å². The van der Waals surface area contributed by atoms with Crippen molar-refractivity contribution >= 4 is 6.29 Å². The highest BCUT2D eigenvalue weighted by Crippen LogP contribution is 2.34. The summed E-state index contributed by atoms with van der Waals surface area (Å²) in [7, 11) is 0. The van der Waals surface area contributed by atoms with Crippen LogP contribution in [0.3, 0.4) is 0 Å². The summed E-state index contributed by atoms with van der Waals surface area (Å²) < 4.78 is 23.0. The van der Waals surface area contributed by atoms with Crippen molar-refractivity contribution in [2.45, 2.75) is 37.0 Å². The summed E-state index contributed by atoms with van der Waals surface area (Å²) >= 11 is 0. The van der Waals surface area contributed by atoms with Crippen LogP contribution in [0.15, 0.2) is 54.6 Å². The second-order valence-corrected chi connectivity index (χ2v) is 6.51. The third-order valence-corrected chi connectivity index (χ3v) is 4.67. The number of rotatable bonds is 4. The standard InChI is InChI=1S/C20H20O7/c21-10-12-6-8-14(9-7-12)25-20-17(23)16(22)18-15(26-20)11-24-19(27-18)13-4-2-1-3-5-13/h1-10,15-20,22-23H,11H2/t15?,16-,17+,18?,19+,20+/m0/s1. The molecule has 0 saturated carbocycles. The molecule has 0 bridgehead atoms. The third-order valence-electron chi connectivity index (χ3n) is 4.67. The molecule has 0 spiro atoms. The molecule has 2 aliphatic rings. The van der Waals surface area contributed by atoms with Crippen molar-refractivity contribution in [1.82, 2.24) is 0 Å². The van der Waals surface area contributed by atoms with Crippen LogP contribution < -0.4 is 4.74 Å². The van der Waals surface area contributed by atoms with Gasteiger partial charge < -0.3 is 29.2 Å². The van der Waals surface area contributed by atoms with E-state index >= 15 is 0 Å². The molecule has 2 unspecified atom stereocenters. The van der Waals surface area contributed by atoms with Gasteiger partial charge in [0.15, 0.2) is 6.29 Å². The topological polar surface area (TPSA) is 94.5 Å². The monoisotopic (exact) mass is 372 g/mol. The van der Waals surface area contributed by atoms with Crippen LogP contribution in [0, 0.1) is 0 Å². The van der Waals surface area contributed by atoms with Gasteiger partial charge in [-0.15, -0.1) is 0 Å². The van der Waals surface area contributed by atoms with Gasteiger partial charge in [0.1, 0.15) is 36.5 Å². The molecule has 2 aromatic carbocycles. The van der Waals surface area contributed by atoms with Gasteiger partial charge in [-0.05, 0) is 24.3 Å². The number of fused-ring (bicyclic) bond motifs is 1. The Morgan fingerprint density at radius 3 is 2.41 bits per heavy atom. The lowest BCUT2D eigenvalue weighted by molar-refractivity contribution is -0.350. The molecule has 6 atom stereocenters. The van der Waals surface area contributed by atoms with Crippen LogP contribution >= 0.6 is 0 Å². The molecule has 2 saturated heterocycles. The van der Waals surface area contributed by atoms with Crippen molar-refractivity contribution < 1.29 is 34.0 Å². The summed E-state index contributed by atoms with van der Waals surface area (Å²) in [4.78, 5) is 10.7. The van der Waals surface area contributed by atoms with Gasteiger partial charge in [-0.2, -0.15) is 0 Å². The molecule has 4 rings (SSSR count). The van der Waals surface area contributed by atoms with E-state index in [4.69, 9.17) is 18.9 Å². The van der Waals surface area contributed by atoms with Gasteiger partial charge in [-0.1, -0.05) is 30.3 Å². The first-order valence-electron chi connectivity index (χ1n) is 8.71. The highest BCUT2D eigenvalue weighted by molar-refractivity contribution is 5.74. The van der Waals surface area contributed by atoms with Crippen LogP contribution in [0.5, 0.6) is 5.75 Å². The van der Waals surface area contributed by atoms with E-state index in [1.54, 1.807) is 24.3 Å². The summed E-state index contributed by atoms with van der Waals surface area (Å²) in [5.74, 6) is 0.412. The number of benzene rings is 2. The van der Waals surface area contributed by atoms with Gasteiger partial charge >= 0.3 is 0 Å². The minimum Gasteiger partial charge on any atom is -0.462 e. The number of carbonyl (C=O) groups excluding carboxylic acids is 1. The normalized spacial score (nSPS) is 33.1. The molecular weight excluding hydrogens is 352 g/mol. The molecule has 7 heteroatoms. The van der Waals surface area contributed by atoms with Crippen molar-refractivity contribution in [1.29, 1.82) is 0 Å². The predicted octanol–water partition coefficient (Wildman–Crippen LogP) is 1.44. The molecule has 2 aromatic rings. The van der Waals surface area contributed by atoms with Crippen LogP contribution in [-0.2, 0) is 14.2 Å². The molecule has 2 heterocycles. The fourth-order valence-electron chi connectivity index (χ4n) is 3.21. The second-order valence-electron chi connectivity index (χ2n) is 6.51. The van der Waals surface area contributed by atoms with E-state index in [0.717, 1.165) is 11.8 Å².